The number of rotatable bonds is 5. The van der Waals surface area contributed by atoms with Gasteiger partial charge in [0.1, 0.15) is 0 Å². The van der Waals surface area contributed by atoms with Crippen LogP contribution in [0.2, 0.25) is 0 Å². The van der Waals surface area contributed by atoms with E-state index in [1.807, 2.05) is 6.20 Å². The Morgan fingerprint density at radius 2 is 2.26 bits per heavy atom. The summed E-state index contributed by atoms with van der Waals surface area (Å²) in [6.45, 7) is 4.12. The lowest BCUT2D eigenvalue weighted by molar-refractivity contribution is 0.654. The minimum Gasteiger partial charge on any atom is -0.379 e. The van der Waals surface area contributed by atoms with E-state index in [1.165, 1.54) is 5.69 Å². The second-order valence-corrected chi connectivity index (χ2v) is 4.72. The molecule has 2 aromatic heterocycles. The SMILES string of the molecule is CCCn1cccc1CNc1ccc2[nH]ncc2c1. The molecule has 0 saturated carbocycles. The zero-order valence-electron chi connectivity index (χ0n) is 11.1. The van der Waals surface area contributed by atoms with Crippen LogP contribution < -0.4 is 5.32 Å². The number of hydrogen-bond donors (Lipinski definition) is 2. The third kappa shape index (κ3) is 2.47. The van der Waals surface area contributed by atoms with Crippen LogP contribution in [0.1, 0.15) is 19.0 Å². The van der Waals surface area contributed by atoms with Crippen LogP contribution in [-0.2, 0) is 13.1 Å². The van der Waals surface area contributed by atoms with Gasteiger partial charge in [0, 0.05) is 29.5 Å². The summed E-state index contributed by atoms with van der Waals surface area (Å²) < 4.78 is 2.30. The van der Waals surface area contributed by atoms with Crippen molar-refractivity contribution in [2.24, 2.45) is 0 Å². The van der Waals surface area contributed by atoms with Crippen LogP contribution in [0.5, 0.6) is 0 Å². The van der Waals surface area contributed by atoms with Crippen molar-refractivity contribution in [3.63, 3.8) is 0 Å². The van der Waals surface area contributed by atoms with Gasteiger partial charge in [0.25, 0.3) is 0 Å². The molecule has 4 heteroatoms. The topological polar surface area (TPSA) is 45.6 Å². The Labute approximate surface area is 112 Å². The number of nitrogens with one attached hydrogen (secondary N) is 2. The molecule has 0 aliphatic carbocycles. The fraction of sp³-hybridized carbons (Fsp3) is 0.267. The van der Waals surface area contributed by atoms with Gasteiger partial charge in [-0.2, -0.15) is 5.10 Å². The van der Waals surface area contributed by atoms with Crippen molar-refractivity contribution in [2.75, 3.05) is 5.32 Å². The summed E-state index contributed by atoms with van der Waals surface area (Å²) in [5.74, 6) is 0. The minimum absolute atomic E-state index is 0.844. The molecule has 0 aliphatic rings. The Kier molecular flexibility index (Phi) is 3.23. The normalized spacial score (nSPS) is 11.0. The van der Waals surface area contributed by atoms with E-state index in [9.17, 15) is 0 Å². The number of H-pyrrole nitrogens is 1. The van der Waals surface area contributed by atoms with Crippen molar-refractivity contribution in [3.8, 4) is 0 Å². The first-order valence-electron chi connectivity index (χ1n) is 6.68. The van der Waals surface area contributed by atoms with Crippen LogP contribution >= 0.6 is 0 Å². The number of aromatic nitrogens is 3. The zero-order chi connectivity index (χ0) is 13.1. The largest absolute Gasteiger partial charge is 0.379 e. The second-order valence-electron chi connectivity index (χ2n) is 4.72. The number of aromatic amines is 1. The predicted octanol–water partition coefficient (Wildman–Crippen LogP) is 3.39. The average molecular weight is 254 g/mol. The molecular formula is C15H18N4. The maximum absolute atomic E-state index is 4.03. The van der Waals surface area contributed by atoms with E-state index < -0.39 is 0 Å². The molecule has 98 valence electrons. The lowest BCUT2D eigenvalue weighted by atomic mass is 10.2. The van der Waals surface area contributed by atoms with E-state index in [0.29, 0.717) is 0 Å². The number of nitrogens with zero attached hydrogens (tertiary/aromatic N) is 2. The Balaban J connectivity index is 1.72. The number of benzene rings is 1. The molecule has 0 aliphatic heterocycles. The monoisotopic (exact) mass is 254 g/mol. The summed E-state index contributed by atoms with van der Waals surface area (Å²) in [6.07, 6.45) is 5.14. The Morgan fingerprint density at radius 3 is 3.16 bits per heavy atom. The molecule has 2 heterocycles. The molecular weight excluding hydrogens is 236 g/mol. The van der Waals surface area contributed by atoms with Gasteiger partial charge in [-0.15, -0.1) is 0 Å². The summed E-state index contributed by atoms with van der Waals surface area (Å²) in [7, 11) is 0. The summed E-state index contributed by atoms with van der Waals surface area (Å²) in [5.41, 5.74) is 3.51. The molecule has 0 atom stereocenters. The van der Waals surface area contributed by atoms with Gasteiger partial charge in [0.2, 0.25) is 0 Å². The van der Waals surface area contributed by atoms with Crippen LogP contribution in [0, 0.1) is 0 Å². The molecule has 19 heavy (non-hydrogen) atoms. The highest BCUT2D eigenvalue weighted by atomic mass is 15.1. The van der Waals surface area contributed by atoms with Crippen molar-refractivity contribution >= 4 is 16.6 Å². The maximum Gasteiger partial charge on any atom is 0.0651 e. The van der Waals surface area contributed by atoms with Crippen LogP contribution in [0.4, 0.5) is 5.69 Å². The Bertz CT molecular complexity index is 665. The van der Waals surface area contributed by atoms with Gasteiger partial charge < -0.3 is 9.88 Å². The lowest BCUT2D eigenvalue weighted by Crippen LogP contribution is -2.06. The standard InChI is InChI=1S/C15H18N4/c1-2-7-19-8-3-4-14(19)11-16-13-5-6-15-12(9-13)10-17-18-15/h3-6,8-10,16H,2,7,11H2,1H3,(H,17,18). The third-order valence-corrected chi connectivity index (χ3v) is 3.30. The van der Waals surface area contributed by atoms with E-state index in [-0.39, 0.29) is 0 Å². The molecule has 0 unspecified atom stereocenters. The van der Waals surface area contributed by atoms with Crippen LogP contribution in [0.25, 0.3) is 10.9 Å². The molecule has 0 radical (unpaired) electrons. The van der Waals surface area contributed by atoms with Crippen LogP contribution in [0.15, 0.2) is 42.7 Å². The van der Waals surface area contributed by atoms with Crippen molar-refractivity contribution in [1.82, 2.24) is 14.8 Å². The van der Waals surface area contributed by atoms with E-state index in [2.05, 4.69) is 63.5 Å². The second kappa shape index (κ2) is 5.18. The van der Waals surface area contributed by atoms with Gasteiger partial charge >= 0.3 is 0 Å². The molecule has 3 aromatic rings. The molecule has 0 fully saturated rings. The Morgan fingerprint density at radius 1 is 1.32 bits per heavy atom. The van der Waals surface area contributed by atoms with Crippen molar-refractivity contribution in [2.45, 2.75) is 26.4 Å². The van der Waals surface area contributed by atoms with Gasteiger partial charge in [-0.1, -0.05) is 6.92 Å². The summed E-state index contributed by atoms with van der Waals surface area (Å²) in [6, 6.07) is 10.5. The molecule has 1 aromatic carbocycles. The summed E-state index contributed by atoms with van der Waals surface area (Å²) >= 11 is 0. The minimum atomic E-state index is 0.844. The van der Waals surface area contributed by atoms with Gasteiger partial charge in [-0.05, 0) is 36.8 Å². The van der Waals surface area contributed by atoms with E-state index in [1.54, 1.807) is 0 Å². The summed E-state index contributed by atoms with van der Waals surface area (Å²) in [5, 5.41) is 11.6. The number of fused-ring (bicyclic) bond motifs is 1. The molecule has 0 bridgehead atoms. The first-order valence-corrected chi connectivity index (χ1v) is 6.68. The average Bonchev–Trinajstić information content (AvgIpc) is 3.05. The lowest BCUT2D eigenvalue weighted by Gasteiger charge is -2.10. The first kappa shape index (κ1) is 11.8. The van der Waals surface area contributed by atoms with Crippen molar-refractivity contribution < 1.29 is 0 Å². The van der Waals surface area contributed by atoms with Gasteiger partial charge in [0.15, 0.2) is 0 Å². The predicted molar refractivity (Wildman–Crippen MR) is 78.1 cm³/mol. The molecule has 4 nitrogen and oxygen atoms in total. The van der Waals surface area contributed by atoms with E-state index in [4.69, 9.17) is 0 Å². The van der Waals surface area contributed by atoms with Gasteiger partial charge in [-0.3, -0.25) is 5.10 Å². The van der Waals surface area contributed by atoms with Crippen LogP contribution in [-0.4, -0.2) is 14.8 Å². The zero-order valence-corrected chi connectivity index (χ0v) is 11.1. The molecule has 2 N–H and O–H groups in total. The Hall–Kier alpha value is -2.23. The number of aryl methyl sites for hydroxylation is 1. The fourth-order valence-electron chi connectivity index (χ4n) is 2.31. The quantitative estimate of drug-likeness (QED) is 0.733. The summed E-state index contributed by atoms with van der Waals surface area (Å²) in [4.78, 5) is 0. The third-order valence-electron chi connectivity index (χ3n) is 3.30. The number of hydrogen-bond acceptors (Lipinski definition) is 2. The fourth-order valence-corrected chi connectivity index (χ4v) is 2.31. The highest BCUT2D eigenvalue weighted by molar-refractivity contribution is 5.81. The molecule has 0 amide bonds. The molecule has 0 spiro atoms. The van der Waals surface area contributed by atoms with Crippen LogP contribution in [0.3, 0.4) is 0 Å². The smallest absolute Gasteiger partial charge is 0.0651 e. The van der Waals surface area contributed by atoms with E-state index >= 15 is 0 Å². The van der Waals surface area contributed by atoms with Crippen molar-refractivity contribution in [3.05, 3.63) is 48.4 Å². The van der Waals surface area contributed by atoms with E-state index in [0.717, 1.165) is 36.1 Å². The molecule has 0 saturated heterocycles. The highest BCUT2D eigenvalue weighted by Crippen LogP contribution is 2.17. The van der Waals surface area contributed by atoms with Gasteiger partial charge in [0.05, 0.1) is 18.3 Å². The molecule has 3 rings (SSSR count). The first-order chi connectivity index (χ1) is 9.36. The maximum atomic E-state index is 4.03. The van der Waals surface area contributed by atoms with Gasteiger partial charge in [-0.25, -0.2) is 0 Å². The number of anilines is 1. The highest BCUT2D eigenvalue weighted by Gasteiger charge is 2.01. The van der Waals surface area contributed by atoms with Crippen molar-refractivity contribution in [1.29, 1.82) is 0 Å².